The third kappa shape index (κ3) is 6.35. The standard InChI is InChI=1S/C33H35N7O5/c1-2-3-4-5-10-29(32(42)39-19-24(18-30(39)33(43)44)45-23-14-12-22(41)13-15-23)40-20-34-27-17-21(11-16-28(27)40)25-8-6-7-9-26(25)31-35-37-38-36-31/h6-9,11-17,20,24,29-30,41H,2-5,10,18-19H2,1H3,(H,43,44)(H,35,36,37,38)/t24?,29?,30-/m0/s1. The normalized spacial score (nSPS) is 17.0. The van der Waals surface area contributed by atoms with E-state index in [4.69, 9.17) is 4.74 Å². The van der Waals surface area contributed by atoms with E-state index in [1.807, 2.05) is 47.0 Å². The summed E-state index contributed by atoms with van der Waals surface area (Å²) in [5.74, 6) is -0.158. The molecule has 12 heteroatoms. The highest BCUT2D eigenvalue weighted by Gasteiger charge is 2.43. The number of aromatic hydroxyl groups is 1. The molecule has 1 aliphatic heterocycles. The zero-order chi connectivity index (χ0) is 31.3. The number of hydrogen-bond acceptors (Lipinski definition) is 8. The molecule has 45 heavy (non-hydrogen) atoms. The minimum absolute atomic E-state index is 0.107. The van der Waals surface area contributed by atoms with Crippen molar-refractivity contribution in [1.82, 2.24) is 35.1 Å². The summed E-state index contributed by atoms with van der Waals surface area (Å²) in [4.78, 5) is 32.8. The third-order valence-electron chi connectivity index (χ3n) is 8.34. The van der Waals surface area contributed by atoms with Gasteiger partial charge in [0.05, 0.1) is 23.9 Å². The number of tetrazole rings is 1. The Labute approximate surface area is 259 Å². The number of unbranched alkanes of at least 4 members (excludes halogenated alkanes) is 3. The number of imidazole rings is 1. The minimum Gasteiger partial charge on any atom is -0.508 e. The lowest BCUT2D eigenvalue weighted by Crippen LogP contribution is -2.44. The molecule has 3 heterocycles. The number of aromatic amines is 1. The molecule has 0 aliphatic carbocycles. The van der Waals surface area contributed by atoms with Crippen LogP contribution in [-0.2, 0) is 9.59 Å². The van der Waals surface area contributed by atoms with E-state index in [1.165, 1.54) is 17.0 Å². The van der Waals surface area contributed by atoms with Gasteiger partial charge in [0.1, 0.15) is 29.7 Å². The Balaban J connectivity index is 1.30. The number of phenolic OH excluding ortho intramolecular Hbond substituents is 1. The van der Waals surface area contributed by atoms with E-state index in [0.29, 0.717) is 23.5 Å². The second-order valence-electron chi connectivity index (χ2n) is 11.3. The average molecular weight is 610 g/mol. The number of nitrogens with one attached hydrogen (secondary N) is 1. The summed E-state index contributed by atoms with van der Waals surface area (Å²) >= 11 is 0. The second-order valence-corrected chi connectivity index (χ2v) is 11.3. The Bertz CT molecular complexity index is 1770. The molecule has 0 saturated carbocycles. The van der Waals surface area contributed by atoms with Crippen LogP contribution in [-0.4, -0.2) is 75.9 Å². The number of ether oxygens (including phenoxy) is 1. The number of carboxylic acid groups (broad SMARTS) is 1. The van der Waals surface area contributed by atoms with Crippen molar-refractivity contribution in [1.29, 1.82) is 0 Å². The molecule has 1 aliphatic rings. The number of fused-ring (bicyclic) bond motifs is 1. The molecule has 6 rings (SSSR count). The largest absolute Gasteiger partial charge is 0.508 e. The topological polar surface area (TPSA) is 159 Å². The van der Waals surface area contributed by atoms with Crippen LogP contribution in [0.2, 0.25) is 0 Å². The fraction of sp³-hybridized carbons (Fsp3) is 0.333. The van der Waals surface area contributed by atoms with Crippen molar-refractivity contribution in [3.05, 3.63) is 73.1 Å². The van der Waals surface area contributed by atoms with E-state index < -0.39 is 24.2 Å². The molecule has 3 aromatic carbocycles. The van der Waals surface area contributed by atoms with Crippen LogP contribution in [0.4, 0.5) is 0 Å². The number of carbonyl (C=O) groups is 2. The van der Waals surface area contributed by atoms with Crippen LogP contribution in [0.5, 0.6) is 11.5 Å². The maximum absolute atomic E-state index is 14.3. The van der Waals surface area contributed by atoms with Crippen molar-refractivity contribution in [3.63, 3.8) is 0 Å². The Kier molecular flexibility index (Phi) is 8.72. The summed E-state index contributed by atoms with van der Waals surface area (Å²) in [6.45, 7) is 2.28. The van der Waals surface area contributed by atoms with E-state index >= 15 is 0 Å². The zero-order valence-electron chi connectivity index (χ0n) is 24.9. The van der Waals surface area contributed by atoms with Crippen LogP contribution in [0.1, 0.15) is 51.5 Å². The highest BCUT2D eigenvalue weighted by Crippen LogP contribution is 2.34. The molecule has 1 amide bonds. The van der Waals surface area contributed by atoms with E-state index in [2.05, 4.69) is 32.5 Å². The smallest absolute Gasteiger partial charge is 0.326 e. The third-order valence-corrected chi connectivity index (χ3v) is 8.34. The fourth-order valence-corrected chi connectivity index (χ4v) is 6.08. The highest BCUT2D eigenvalue weighted by atomic mass is 16.5. The monoisotopic (exact) mass is 609 g/mol. The molecule has 1 fully saturated rings. The molecule has 0 spiro atoms. The summed E-state index contributed by atoms with van der Waals surface area (Å²) in [6.07, 6.45) is 5.81. The summed E-state index contributed by atoms with van der Waals surface area (Å²) in [5, 5.41) is 34.0. The first kappa shape index (κ1) is 29.8. The maximum Gasteiger partial charge on any atom is 0.326 e. The molecular formula is C33H35N7O5. The first-order chi connectivity index (χ1) is 21.9. The molecule has 2 unspecified atom stereocenters. The second kappa shape index (κ2) is 13.2. The van der Waals surface area contributed by atoms with Gasteiger partial charge in [-0.3, -0.25) is 4.79 Å². The van der Waals surface area contributed by atoms with Crippen LogP contribution < -0.4 is 4.74 Å². The molecule has 232 valence electrons. The van der Waals surface area contributed by atoms with Crippen molar-refractivity contribution in [2.75, 3.05) is 6.54 Å². The number of aliphatic carboxylic acids is 1. The van der Waals surface area contributed by atoms with Crippen molar-refractivity contribution in [2.45, 2.75) is 63.6 Å². The lowest BCUT2D eigenvalue weighted by atomic mass is 9.98. The summed E-state index contributed by atoms with van der Waals surface area (Å²) in [7, 11) is 0. The van der Waals surface area contributed by atoms with Crippen LogP contribution >= 0.6 is 0 Å². The number of hydrogen-bond donors (Lipinski definition) is 3. The predicted molar refractivity (Wildman–Crippen MR) is 166 cm³/mol. The van der Waals surface area contributed by atoms with Gasteiger partial charge in [-0.05, 0) is 64.4 Å². The number of rotatable bonds is 12. The Morgan fingerprint density at radius 1 is 1.04 bits per heavy atom. The quantitative estimate of drug-likeness (QED) is 0.161. The molecular weight excluding hydrogens is 574 g/mol. The molecule has 5 aromatic rings. The Morgan fingerprint density at radius 3 is 2.58 bits per heavy atom. The van der Waals surface area contributed by atoms with Gasteiger partial charge in [0.2, 0.25) is 5.91 Å². The number of likely N-dealkylation sites (tertiary alicyclic amines) is 1. The maximum atomic E-state index is 14.3. The number of H-pyrrole nitrogens is 1. The van der Waals surface area contributed by atoms with Crippen molar-refractivity contribution < 1.29 is 24.5 Å². The van der Waals surface area contributed by atoms with Crippen molar-refractivity contribution in [2.24, 2.45) is 0 Å². The summed E-state index contributed by atoms with van der Waals surface area (Å²) in [6, 6.07) is 18.3. The fourth-order valence-electron chi connectivity index (χ4n) is 6.08. The van der Waals surface area contributed by atoms with Gasteiger partial charge >= 0.3 is 5.97 Å². The van der Waals surface area contributed by atoms with Gasteiger partial charge in [-0.2, -0.15) is 0 Å². The SMILES string of the molecule is CCCCCCC(C(=O)N1CC(Oc2ccc(O)cc2)C[C@H]1C(=O)O)n1cnc2cc(-c3ccccc3-c3nnn[nH]3)ccc21. The van der Waals surface area contributed by atoms with Crippen LogP contribution in [0.25, 0.3) is 33.5 Å². The summed E-state index contributed by atoms with van der Waals surface area (Å²) in [5.41, 5.74) is 4.21. The van der Waals surface area contributed by atoms with Gasteiger partial charge < -0.3 is 24.4 Å². The number of phenols is 1. The number of nitrogens with zero attached hydrogens (tertiary/aromatic N) is 6. The lowest BCUT2D eigenvalue weighted by Gasteiger charge is -2.28. The summed E-state index contributed by atoms with van der Waals surface area (Å²) < 4.78 is 7.92. The molecule has 12 nitrogen and oxygen atoms in total. The number of carboxylic acids is 1. The number of amides is 1. The molecule has 0 bridgehead atoms. The molecule has 1 saturated heterocycles. The first-order valence-corrected chi connectivity index (χ1v) is 15.2. The number of benzene rings is 3. The van der Waals surface area contributed by atoms with E-state index in [-0.39, 0.29) is 24.6 Å². The van der Waals surface area contributed by atoms with E-state index in [1.54, 1.807) is 18.5 Å². The van der Waals surface area contributed by atoms with Gasteiger partial charge in [0, 0.05) is 12.0 Å². The van der Waals surface area contributed by atoms with Crippen LogP contribution in [0.15, 0.2) is 73.1 Å². The number of aromatic nitrogens is 6. The molecule has 3 N–H and O–H groups in total. The Morgan fingerprint density at radius 2 is 1.84 bits per heavy atom. The molecule has 2 aromatic heterocycles. The van der Waals surface area contributed by atoms with Gasteiger partial charge in [0.25, 0.3) is 0 Å². The van der Waals surface area contributed by atoms with E-state index in [0.717, 1.165) is 47.9 Å². The van der Waals surface area contributed by atoms with Crippen molar-refractivity contribution >= 4 is 22.9 Å². The molecule has 3 atom stereocenters. The van der Waals surface area contributed by atoms with Gasteiger partial charge in [0.15, 0.2) is 5.82 Å². The lowest BCUT2D eigenvalue weighted by molar-refractivity contribution is -0.149. The van der Waals surface area contributed by atoms with E-state index in [9.17, 15) is 19.8 Å². The van der Waals surface area contributed by atoms with Gasteiger partial charge in [-0.1, -0.05) is 62.9 Å². The predicted octanol–water partition coefficient (Wildman–Crippen LogP) is 5.23. The average Bonchev–Trinajstić information content (AvgIpc) is 3.82. The highest BCUT2D eigenvalue weighted by molar-refractivity contribution is 5.90. The number of carbonyl (C=O) groups excluding carboxylic acids is 1. The van der Waals surface area contributed by atoms with Crippen molar-refractivity contribution in [3.8, 4) is 34.0 Å². The van der Waals surface area contributed by atoms with Gasteiger partial charge in [-0.25, -0.2) is 14.9 Å². The van der Waals surface area contributed by atoms with Crippen LogP contribution in [0.3, 0.4) is 0 Å². The first-order valence-electron chi connectivity index (χ1n) is 15.2. The molecule has 0 radical (unpaired) electrons. The zero-order valence-corrected chi connectivity index (χ0v) is 24.9. The van der Waals surface area contributed by atoms with Crippen LogP contribution in [0, 0.1) is 0 Å². The van der Waals surface area contributed by atoms with Gasteiger partial charge in [-0.15, -0.1) is 5.10 Å². The Hall–Kier alpha value is -5.26. The minimum atomic E-state index is -1.06.